The number of nitrogens with two attached hydrogens (primary N) is 1. The van der Waals surface area contributed by atoms with Crippen LogP contribution in [0.15, 0.2) is 98.2 Å². The Morgan fingerprint density at radius 1 is 1.00 bits per heavy atom. The number of sulfonamides is 1. The first-order valence-electron chi connectivity index (χ1n) is 12.6. The fraction of sp³-hybridized carbons (Fsp3) is 0.222. The largest absolute Gasteiger partial charge is 0.316 e. The van der Waals surface area contributed by atoms with Crippen molar-refractivity contribution in [1.82, 2.24) is 9.73 Å². The normalized spacial score (nSPS) is 21.5. The van der Waals surface area contributed by atoms with Crippen LogP contribution in [0.5, 0.6) is 0 Å². The molecule has 1 atom stereocenters. The third-order valence-corrected chi connectivity index (χ3v) is 8.73. The van der Waals surface area contributed by atoms with E-state index in [0.717, 1.165) is 5.56 Å². The summed E-state index contributed by atoms with van der Waals surface area (Å²) < 4.78 is 68.7. The summed E-state index contributed by atoms with van der Waals surface area (Å²) >= 11 is 5.95. The second-order valence-electron chi connectivity index (χ2n) is 9.70. The number of hydrazone groups is 1. The van der Waals surface area contributed by atoms with Crippen LogP contribution in [0, 0.1) is 11.7 Å². The molecule has 214 valence electrons. The van der Waals surface area contributed by atoms with Gasteiger partial charge in [-0.1, -0.05) is 54.1 Å². The molecule has 1 saturated carbocycles. The molecule has 0 aromatic heterocycles. The van der Waals surface area contributed by atoms with Crippen molar-refractivity contribution in [3.8, 4) is 0 Å². The molecule has 0 unspecified atom stereocenters. The van der Waals surface area contributed by atoms with Crippen LogP contribution >= 0.6 is 11.6 Å². The van der Waals surface area contributed by atoms with Crippen molar-refractivity contribution in [2.75, 3.05) is 6.54 Å². The first-order valence-corrected chi connectivity index (χ1v) is 15.9. The van der Waals surface area contributed by atoms with Gasteiger partial charge >= 0.3 is 10.2 Å². The molecule has 0 saturated heterocycles. The molecule has 0 bridgehead atoms. The molecule has 0 spiro atoms. The van der Waals surface area contributed by atoms with Gasteiger partial charge in [0.1, 0.15) is 5.82 Å². The summed E-state index contributed by atoms with van der Waals surface area (Å²) in [7, 11) is -8.07. The Morgan fingerprint density at radius 3 is 2.29 bits per heavy atom. The summed E-state index contributed by atoms with van der Waals surface area (Å²) in [6, 6.07) is 20.9. The maximum Gasteiger partial charge on any atom is 0.316 e. The molecule has 3 aromatic rings. The number of rotatable bonds is 7. The Labute approximate surface area is 242 Å². The molecule has 1 heterocycles. The highest BCUT2D eigenvalue weighted by Crippen LogP contribution is 2.32. The van der Waals surface area contributed by atoms with Crippen LogP contribution in [-0.4, -0.2) is 52.3 Å². The fourth-order valence-corrected chi connectivity index (χ4v) is 6.08. The molecule has 3 N–H and O–H groups in total. The molecule has 10 nitrogen and oxygen atoms in total. The average Bonchev–Trinajstić information content (AvgIpc) is 3.35. The summed E-state index contributed by atoms with van der Waals surface area (Å²) in [6.45, 7) is 0.266. The number of guanidine groups is 1. The number of aliphatic imine (C=N–C) groups is 1. The monoisotopic (exact) mass is 616 g/mol. The molecule has 5 rings (SSSR count). The highest BCUT2D eigenvalue weighted by Gasteiger charge is 2.35. The number of hydrogen-bond donors (Lipinski definition) is 2. The smallest absolute Gasteiger partial charge is 0.248 e. The molecule has 1 fully saturated rings. The lowest BCUT2D eigenvalue weighted by Crippen LogP contribution is -2.43. The first-order chi connectivity index (χ1) is 19.5. The standard InChI is InChI=1S/C27H26ClFN6O4S2/c28-21-8-12-24(13-9-21)40(36,37)34-27(32-23-14-18(15-23)16-31-41(30,38)39)35-17-25(19-4-2-1-3-5-19)26(33-35)20-6-10-22(29)11-7-20/h1-13,16,18,23,25H,14-15,17H2,(H,32,34)(H2,30,38,39)/t18?,23?,25-/m1/s1. The van der Waals surface area contributed by atoms with E-state index in [4.69, 9.17) is 21.8 Å². The second-order valence-corrected chi connectivity index (χ2v) is 13.1. The van der Waals surface area contributed by atoms with E-state index in [9.17, 15) is 21.2 Å². The second kappa shape index (κ2) is 11.7. The van der Waals surface area contributed by atoms with Gasteiger partial charge in [-0.15, -0.1) is 0 Å². The predicted octanol–water partition coefficient (Wildman–Crippen LogP) is 3.67. The van der Waals surface area contributed by atoms with Gasteiger partial charge in [0.15, 0.2) is 0 Å². The molecule has 2 aliphatic rings. The Hall–Kier alpha value is -3.65. The topological polar surface area (TPSA) is 147 Å². The van der Waals surface area contributed by atoms with E-state index in [0.29, 0.717) is 29.1 Å². The molecule has 0 radical (unpaired) electrons. The molecule has 1 aliphatic heterocycles. The Bertz CT molecular complexity index is 1710. The molecule has 14 heteroatoms. The lowest BCUT2D eigenvalue weighted by Gasteiger charge is -2.31. The molecule has 3 aromatic carbocycles. The highest BCUT2D eigenvalue weighted by molar-refractivity contribution is 7.90. The van der Waals surface area contributed by atoms with Crippen molar-refractivity contribution in [2.45, 2.75) is 29.7 Å². The van der Waals surface area contributed by atoms with Gasteiger partial charge in [0.25, 0.3) is 10.0 Å². The van der Waals surface area contributed by atoms with E-state index in [1.54, 1.807) is 12.1 Å². The predicted molar refractivity (Wildman–Crippen MR) is 156 cm³/mol. The van der Waals surface area contributed by atoms with Gasteiger partial charge in [-0.2, -0.15) is 17.9 Å². The van der Waals surface area contributed by atoms with Crippen molar-refractivity contribution in [3.05, 3.63) is 101 Å². The van der Waals surface area contributed by atoms with Crippen molar-refractivity contribution >= 4 is 49.7 Å². The fourth-order valence-electron chi connectivity index (χ4n) is 4.60. The maximum atomic E-state index is 13.7. The quantitative estimate of drug-likeness (QED) is 0.307. The van der Waals surface area contributed by atoms with Gasteiger partial charge in [-0.25, -0.2) is 32.7 Å². The number of hydrogen-bond acceptors (Lipinski definition) is 6. The van der Waals surface area contributed by atoms with E-state index in [1.807, 2.05) is 30.3 Å². The molecule has 41 heavy (non-hydrogen) atoms. The first kappa shape index (κ1) is 28.9. The minimum absolute atomic E-state index is 0.00447. The van der Waals surface area contributed by atoms with Gasteiger partial charge < -0.3 is 0 Å². The van der Waals surface area contributed by atoms with Crippen LogP contribution in [0.3, 0.4) is 0 Å². The molecular formula is C27H26ClFN6O4S2. The maximum absolute atomic E-state index is 13.7. The van der Waals surface area contributed by atoms with Crippen molar-refractivity contribution < 1.29 is 21.2 Å². The van der Waals surface area contributed by atoms with Crippen LogP contribution in [0.4, 0.5) is 4.39 Å². The van der Waals surface area contributed by atoms with Crippen molar-refractivity contribution in [3.63, 3.8) is 0 Å². The van der Waals surface area contributed by atoms with E-state index >= 15 is 0 Å². The highest BCUT2D eigenvalue weighted by atomic mass is 35.5. The Morgan fingerprint density at radius 2 is 1.66 bits per heavy atom. The molecule has 1 aliphatic carbocycles. The summed E-state index contributed by atoms with van der Waals surface area (Å²) in [5.41, 5.74) is 2.26. The van der Waals surface area contributed by atoms with Gasteiger partial charge in [0, 0.05) is 17.2 Å². The zero-order valence-corrected chi connectivity index (χ0v) is 23.9. The number of nitrogens with one attached hydrogen (secondary N) is 1. The summed E-state index contributed by atoms with van der Waals surface area (Å²) in [4.78, 5) is 4.66. The van der Waals surface area contributed by atoms with Gasteiger partial charge in [-0.05, 0) is 66.3 Å². The zero-order valence-electron chi connectivity index (χ0n) is 21.5. The van der Waals surface area contributed by atoms with Crippen LogP contribution in [0.25, 0.3) is 0 Å². The van der Waals surface area contributed by atoms with Gasteiger partial charge in [-0.3, -0.25) is 0 Å². The van der Waals surface area contributed by atoms with Crippen molar-refractivity contribution in [2.24, 2.45) is 25.5 Å². The van der Waals surface area contributed by atoms with E-state index in [2.05, 4.69) is 14.1 Å². The van der Waals surface area contributed by atoms with E-state index in [1.165, 1.54) is 47.6 Å². The summed E-state index contributed by atoms with van der Waals surface area (Å²) in [5, 5.41) is 11.6. The Balaban J connectivity index is 1.49. The SMILES string of the molecule is NS(=O)(=O)N=CC1CC(N=C(NS(=O)(=O)c2ccc(Cl)cc2)N2C[C@H](c3ccccc3)C(c3ccc(F)cc3)=N2)C1. The Kier molecular flexibility index (Phi) is 8.23. The zero-order chi connectivity index (χ0) is 29.2. The van der Waals surface area contributed by atoms with E-state index < -0.39 is 20.2 Å². The third kappa shape index (κ3) is 7.17. The molecular weight excluding hydrogens is 591 g/mol. The van der Waals surface area contributed by atoms with Crippen LogP contribution in [0.1, 0.15) is 29.9 Å². The minimum Gasteiger partial charge on any atom is -0.248 e. The summed E-state index contributed by atoms with van der Waals surface area (Å²) in [5.74, 6) is -0.818. The number of halogens is 2. The number of benzene rings is 3. The third-order valence-electron chi connectivity index (χ3n) is 6.72. The molecule has 0 amide bonds. The van der Waals surface area contributed by atoms with Crippen LogP contribution < -0.4 is 9.86 Å². The summed E-state index contributed by atoms with van der Waals surface area (Å²) in [6.07, 6.45) is 2.15. The van der Waals surface area contributed by atoms with E-state index in [-0.39, 0.29) is 41.1 Å². The lowest BCUT2D eigenvalue weighted by molar-refractivity contribution is 0.344. The van der Waals surface area contributed by atoms with Crippen molar-refractivity contribution in [1.29, 1.82) is 0 Å². The number of nitrogens with zero attached hydrogens (tertiary/aromatic N) is 4. The van der Waals surface area contributed by atoms with Gasteiger partial charge in [0.05, 0.1) is 23.2 Å². The van der Waals surface area contributed by atoms with Crippen LogP contribution in [0.2, 0.25) is 5.02 Å². The van der Waals surface area contributed by atoms with Gasteiger partial charge in [0.2, 0.25) is 5.96 Å². The van der Waals surface area contributed by atoms with Crippen LogP contribution in [-0.2, 0) is 20.2 Å². The lowest BCUT2D eigenvalue weighted by atomic mass is 9.82. The minimum atomic E-state index is -4.08. The average molecular weight is 617 g/mol.